The number of piperazine rings is 1. The van der Waals surface area contributed by atoms with E-state index in [1.165, 1.54) is 22.8 Å². The van der Waals surface area contributed by atoms with Crippen LogP contribution in [0.4, 0.5) is 10.1 Å². The molecule has 0 radical (unpaired) electrons. The first-order valence-corrected chi connectivity index (χ1v) is 10.6. The number of anilines is 1. The number of benzene rings is 1. The smallest absolute Gasteiger partial charge is 0.251 e. The van der Waals surface area contributed by atoms with Gasteiger partial charge in [-0.15, -0.1) is 0 Å². The summed E-state index contributed by atoms with van der Waals surface area (Å²) in [4.78, 5) is 29.0. The number of aromatic nitrogens is 1. The van der Waals surface area contributed by atoms with E-state index in [0.29, 0.717) is 0 Å². The van der Waals surface area contributed by atoms with Gasteiger partial charge in [-0.25, -0.2) is 4.39 Å². The van der Waals surface area contributed by atoms with Crippen LogP contribution in [0.25, 0.3) is 0 Å². The van der Waals surface area contributed by atoms with Gasteiger partial charge in [-0.2, -0.15) is 0 Å². The van der Waals surface area contributed by atoms with Gasteiger partial charge in [0.25, 0.3) is 5.56 Å². The van der Waals surface area contributed by atoms with Gasteiger partial charge < -0.3 is 19.7 Å². The van der Waals surface area contributed by atoms with E-state index in [-0.39, 0.29) is 29.9 Å². The van der Waals surface area contributed by atoms with Crippen molar-refractivity contribution in [3.8, 4) is 0 Å². The second-order valence-corrected chi connectivity index (χ2v) is 8.14. The van der Waals surface area contributed by atoms with Crippen molar-refractivity contribution in [2.45, 2.75) is 26.4 Å². The van der Waals surface area contributed by atoms with Gasteiger partial charge in [0.15, 0.2) is 0 Å². The molecule has 0 saturated carbocycles. The minimum Gasteiger partial charge on any atom is -0.369 e. The van der Waals surface area contributed by atoms with E-state index < -0.39 is 0 Å². The number of nitrogens with one attached hydrogen (secondary N) is 1. The zero-order valence-electron chi connectivity index (χ0n) is 16.7. The quantitative estimate of drug-likeness (QED) is 0.713. The Balaban J connectivity index is 1.74. The molecule has 1 unspecified atom stereocenters. The summed E-state index contributed by atoms with van der Waals surface area (Å²) in [5.41, 5.74) is 1.43. The fourth-order valence-corrected chi connectivity index (χ4v) is 3.99. The first kappa shape index (κ1) is 21.5. The molecule has 8 heteroatoms. The summed E-state index contributed by atoms with van der Waals surface area (Å²) >= 11 is 3.30. The Bertz CT molecular complexity index is 925. The average Bonchev–Trinajstić information content (AvgIpc) is 2.70. The van der Waals surface area contributed by atoms with Crippen LogP contribution < -0.4 is 15.8 Å². The number of carbonyl (C=O) groups excluding carboxylic acids is 1. The lowest BCUT2D eigenvalue weighted by molar-refractivity contribution is -0.122. The fourth-order valence-electron chi connectivity index (χ4n) is 3.61. The van der Waals surface area contributed by atoms with Crippen LogP contribution in [0.1, 0.15) is 25.5 Å². The molecule has 1 aliphatic heterocycles. The van der Waals surface area contributed by atoms with Gasteiger partial charge in [0.05, 0.1) is 6.04 Å². The van der Waals surface area contributed by atoms with Crippen LogP contribution in [0.5, 0.6) is 0 Å². The molecule has 2 heterocycles. The maximum atomic E-state index is 14.0. The summed E-state index contributed by atoms with van der Waals surface area (Å²) in [5, 5.41) is 2.90. The third kappa shape index (κ3) is 5.45. The first-order valence-electron chi connectivity index (χ1n) is 9.79. The summed E-state index contributed by atoms with van der Waals surface area (Å²) in [6, 6.07) is 7.38. The topological polar surface area (TPSA) is 57.6 Å². The van der Waals surface area contributed by atoms with Crippen LogP contribution in [0, 0.1) is 5.82 Å². The number of rotatable bonds is 6. The van der Waals surface area contributed by atoms with E-state index in [1.807, 2.05) is 6.92 Å². The molecule has 0 spiro atoms. The van der Waals surface area contributed by atoms with Gasteiger partial charge >= 0.3 is 0 Å². The molecule has 156 valence electrons. The molecule has 3 rings (SSSR count). The molecule has 29 heavy (non-hydrogen) atoms. The second kappa shape index (κ2) is 9.54. The van der Waals surface area contributed by atoms with Gasteiger partial charge in [-0.05, 0) is 53.7 Å². The maximum Gasteiger partial charge on any atom is 0.251 e. The van der Waals surface area contributed by atoms with Crippen LogP contribution in [-0.4, -0.2) is 48.1 Å². The summed E-state index contributed by atoms with van der Waals surface area (Å²) in [5.74, 6) is -0.635. The van der Waals surface area contributed by atoms with E-state index in [9.17, 15) is 14.0 Å². The Morgan fingerprint density at radius 1 is 1.21 bits per heavy atom. The molecule has 2 aromatic rings. The van der Waals surface area contributed by atoms with Gasteiger partial charge in [0.2, 0.25) is 5.91 Å². The van der Waals surface area contributed by atoms with Crippen molar-refractivity contribution >= 4 is 27.5 Å². The minimum absolute atomic E-state index is 0.0948. The maximum absolute atomic E-state index is 14.0. The highest BCUT2D eigenvalue weighted by molar-refractivity contribution is 9.10. The van der Waals surface area contributed by atoms with E-state index in [2.05, 4.69) is 38.0 Å². The highest BCUT2D eigenvalue weighted by Crippen LogP contribution is 2.28. The largest absolute Gasteiger partial charge is 0.369 e. The lowest BCUT2D eigenvalue weighted by atomic mass is 10.0. The number of hydrogen-bond donors (Lipinski definition) is 1. The number of amides is 1. The summed E-state index contributed by atoms with van der Waals surface area (Å²) in [7, 11) is 0. The van der Waals surface area contributed by atoms with E-state index in [0.717, 1.165) is 48.4 Å². The molecular formula is C21H26BrFN4O2. The normalized spacial score (nSPS) is 15.9. The Morgan fingerprint density at radius 3 is 2.62 bits per heavy atom. The molecule has 6 nitrogen and oxygen atoms in total. The number of hydrogen-bond acceptors (Lipinski definition) is 4. The number of pyridine rings is 1. The van der Waals surface area contributed by atoms with Crippen molar-refractivity contribution in [2.24, 2.45) is 0 Å². The van der Waals surface area contributed by atoms with Crippen LogP contribution in [0.15, 0.2) is 45.8 Å². The Labute approximate surface area is 178 Å². The zero-order valence-corrected chi connectivity index (χ0v) is 18.3. The molecule has 1 amide bonds. The third-order valence-electron chi connectivity index (χ3n) is 5.26. The van der Waals surface area contributed by atoms with Crippen molar-refractivity contribution in [3.63, 3.8) is 0 Å². The minimum atomic E-state index is -0.389. The predicted molar refractivity (Wildman–Crippen MR) is 116 cm³/mol. The zero-order chi connectivity index (χ0) is 21.0. The van der Waals surface area contributed by atoms with Gasteiger partial charge in [-0.1, -0.05) is 6.92 Å². The Hall–Kier alpha value is -2.19. The second-order valence-electron chi connectivity index (χ2n) is 7.23. The van der Waals surface area contributed by atoms with E-state index in [4.69, 9.17) is 0 Å². The number of nitrogens with zero attached hydrogens (tertiary/aromatic N) is 3. The fraction of sp³-hybridized carbons (Fsp3) is 0.429. The molecule has 0 bridgehead atoms. The molecule has 0 aliphatic carbocycles. The number of carbonyl (C=O) groups is 1. The van der Waals surface area contributed by atoms with Gasteiger partial charge in [0.1, 0.15) is 12.4 Å². The van der Waals surface area contributed by atoms with Crippen LogP contribution in [-0.2, 0) is 11.3 Å². The number of likely N-dealkylation sites (N-methyl/N-ethyl adjacent to an activating group) is 1. The summed E-state index contributed by atoms with van der Waals surface area (Å²) < 4.78 is 16.0. The molecule has 1 aromatic heterocycles. The van der Waals surface area contributed by atoms with Gasteiger partial charge in [0, 0.05) is 54.2 Å². The molecule has 1 aromatic carbocycles. The Kier molecular flexibility index (Phi) is 7.08. The van der Waals surface area contributed by atoms with Crippen molar-refractivity contribution < 1.29 is 9.18 Å². The molecule has 1 saturated heterocycles. The molecule has 1 fully saturated rings. The Morgan fingerprint density at radius 2 is 1.93 bits per heavy atom. The van der Waals surface area contributed by atoms with Crippen molar-refractivity contribution in [3.05, 3.63) is 62.7 Å². The lowest BCUT2D eigenvalue weighted by Crippen LogP contribution is -2.46. The van der Waals surface area contributed by atoms with Crippen molar-refractivity contribution in [1.29, 1.82) is 0 Å². The number of halogens is 2. The summed E-state index contributed by atoms with van der Waals surface area (Å²) in [6.45, 7) is 8.55. The van der Waals surface area contributed by atoms with Crippen LogP contribution in [0.3, 0.4) is 0 Å². The van der Waals surface area contributed by atoms with Crippen LogP contribution >= 0.6 is 15.9 Å². The van der Waals surface area contributed by atoms with Crippen molar-refractivity contribution in [1.82, 2.24) is 14.8 Å². The standard InChI is InChI=1S/C21H26BrFN4O2/c1-3-25-8-10-26(11-9-25)19-6-5-17(23)12-18(19)15(2)24-20(28)14-27-13-16(22)4-7-21(27)29/h4-7,12-13,15H,3,8-11,14H2,1-2H3,(H,24,28). The first-order chi connectivity index (χ1) is 13.9. The average molecular weight is 465 g/mol. The van der Waals surface area contributed by atoms with E-state index in [1.54, 1.807) is 18.3 Å². The highest BCUT2D eigenvalue weighted by atomic mass is 79.9. The predicted octanol–water partition coefficient (Wildman–Crippen LogP) is 2.77. The molecule has 1 aliphatic rings. The molecule has 1 atom stereocenters. The lowest BCUT2D eigenvalue weighted by Gasteiger charge is -2.37. The summed E-state index contributed by atoms with van der Waals surface area (Å²) in [6.07, 6.45) is 1.58. The molecular weight excluding hydrogens is 439 g/mol. The van der Waals surface area contributed by atoms with Gasteiger partial charge in [-0.3, -0.25) is 9.59 Å². The van der Waals surface area contributed by atoms with Crippen LogP contribution in [0.2, 0.25) is 0 Å². The third-order valence-corrected chi connectivity index (χ3v) is 5.72. The SMILES string of the molecule is CCN1CCN(c2ccc(F)cc2C(C)NC(=O)Cn2cc(Br)ccc2=O)CC1. The highest BCUT2D eigenvalue weighted by Gasteiger charge is 2.22. The van der Waals surface area contributed by atoms with E-state index >= 15 is 0 Å². The van der Waals surface area contributed by atoms with Crippen molar-refractivity contribution in [2.75, 3.05) is 37.6 Å². The molecule has 1 N–H and O–H groups in total. The monoisotopic (exact) mass is 464 g/mol.